The number of hydrogen-bond donors (Lipinski definition) is 3. The van der Waals surface area contributed by atoms with Crippen molar-refractivity contribution in [2.75, 3.05) is 5.73 Å². The standard InChI is InChI=1S/C25H26ClF3N6O3.ClH/c1-13-8-9-35(34-13)20-11-16(26)6-7-17(20)22(25(27,28)29)38-21-12-19(32-24(31)33-21)15-4-2-14(3-5-15)10-18(30)23(36)37;/h4,6-9,11-12,14,18,22H,2-3,5,10,30H2,1H3,(H,36,37)(H2,31,32,33);1H/t14-,18?,22?;/m1./s1. The third-order valence-corrected chi connectivity index (χ3v) is 6.49. The molecule has 1 aliphatic carbocycles. The monoisotopic (exact) mass is 586 g/mol. The van der Waals surface area contributed by atoms with Gasteiger partial charge in [-0.15, -0.1) is 12.4 Å². The number of aliphatic carboxylic acids is 1. The minimum atomic E-state index is -4.81. The van der Waals surface area contributed by atoms with Crippen LogP contribution in [0.3, 0.4) is 0 Å². The van der Waals surface area contributed by atoms with Crippen LogP contribution in [0.1, 0.15) is 48.7 Å². The number of alkyl halides is 3. The van der Waals surface area contributed by atoms with Gasteiger partial charge >= 0.3 is 12.1 Å². The number of aryl methyl sites for hydroxylation is 1. The van der Waals surface area contributed by atoms with Crippen molar-refractivity contribution in [2.45, 2.75) is 50.9 Å². The second-order valence-corrected chi connectivity index (χ2v) is 9.58. The molecule has 39 heavy (non-hydrogen) atoms. The predicted molar refractivity (Wildman–Crippen MR) is 142 cm³/mol. The summed E-state index contributed by atoms with van der Waals surface area (Å²) in [6.07, 6.45) is -1.76. The second-order valence-electron chi connectivity index (χ2n) is 9.14. The summed E-state index contributed by atoms with van der Waals surface area (Å²) in [6, 6.07) is 5.99. The van der Waals surface area contributed by atoms with E-state index in [9.17, 15) is 18.0 Å². The number of nitrogens with two attached hydrogens (primary N) is 2. The molecule has 2 heterocycles. The first-order valence-electron chi connectivity index (χ1n) is 11.8. The van der Waals surface area contributed by atoms with Gasteiger partial charge in [0.25, 0.3) is 0 Å². The first-order valence-corrected chi connectivity index (χ1v) is 12.2. The van der Waals surface area contributed by atoms with E-state index < -0.39 is 24.3 Å². The summed E-state index contributed by atoms with van der Waals surface area (Å²) in [5.74, 6) is -1.57. The van der Waals surface area contributed by atoms with Gasteiger partial charge in [0.2, 0.25) is 17.9 Å². The van der Waals surface area contributed by atoms with Gasteiger partial charge in [0.15, 0.2) is 0 Å². The molecule has 5 N–H and O–H groups in total. The molecule has 0 saturated carbocycles. The summed E-state index contributed by atoms with van der Waals surface area (Å²) < 4.78 is 49.7. The zero-order valence-corrected chi connectivity index (χ0v) is 22.3. The molecule has 9 nitrogen and oxygen atoms in total. The fraction of sp³-hybridized carbons (Fsp3) is 0.360. The number of allylic oxidation sites excluding steroid dienone is 2. The Hall–Kier alpha value is -3.35. The molecule has 0 amide bonds. The summed E-state index contributed by atoms with van der Waals surface area (Å²) >= 11 is 6.09. The van der Waals surface area contributed by atoms with Crippen LogP contribution >= 0.6 is 24.0 Å². The van der Waals surface area contributed by atoms with Gasteiger partial charge in [0, 0.05) is 22.8 Å². The van der Waals surface area contributed by atoms with Crippen molar-refractivity contribution in [3.8, 4) is 11.6 Å². The maximum Gasteiger partial charge on any atom is 0.429 e. The number of rotatable bonds is 8. The summed E-state index contributed by atoms with van der Waals surface area (Å²) in [5.41, 5.74) is 13.1. The number of aromatic nitrogens is 4. The number of carboxylic acid groups (broad SMARTS) is 1. The number of carbonyl (C=O) groups is 1. The molecular formula is C25H27Cl2F3N6O3. The molecule has 0 spiro atoms. The first kappa shape index (κ1) is 30.2. The van der Waals surface area contributed by atoms with Gasteiger partial charge in [-0.1, -0.05) is 23.7 Å². The van der Waals surface area contributed by atoms with E-state index in [0.29, 0.717) is 37.1 Å². The van der Waals surface area contributed by atoms with Crippen molar-refractivity contribution < 1.29 is 27.8 Å². The molecule has 2 aromatic heterocycles. The SMILES string of the molecule is Cc1ccn(-c2cc(Cl)ccc2C(Oc2cc(C3=CC[C@@H](CC(N)C(=O)O)CC3)nc(N)n2)C(F)(F)F)n1.Cl. The topological polar surface area (TPSA) is 142 Å². The Bertz CT molecular complexity index is 1370. The van der Waals surface area contributed by atoms with Crippen LogP contribution in [0.2, 0.25) is 5.02 Å². The van der Waals surface area contributed by atoms with Gasteiger partial charge in [-0.3, -0.25) is 4.79 Å². The number of nitrogens with zero attached hydrogens (tertiary/aromatic N) is 4. The number of halogens is 5. The minimum absolute atomic E-state index is 0. The lowest BCUT2D eigenvalue weighted by Gasteiger charge is -2.25. The fourth-order valence-corrected chi connectivity index (χ4v) is 4.54. The Morgan fingerprint density at radius 1 is 1.28 bits per heavy atom. The van der Waals surface area contributed by atoms with Crippen LogP contribution in [0.4, 0.5) is 19.1 Å². The van der Waals surface area contributed by atoms with Crippen LogP contribution in [0, 0.1) is 12.8 Å². The van der Waals surface area contributed by atoms with Crippen molar-refractivity contribution in [3.05, 3.63) is 64.6 Å². The van der Waals surface area contributed by atoms with Crippen LogP contribution in [0.25, 0.3) is 11.3 Å². The fourth-order valence-electron chi connectivity index (χ4n) is 4.38. The van der Waals surface area contributed by atoms with E-state index in [4.69, 9.17) is 32.9 Å². The van der Waals surface area contributed by atoms with Gasteiger partial charge in [0.05, 0.1) is 17.1 Å². The number of nitrogen functional groups attached to an aromatic ring is 1. The van der Waals surface area contributed by atoms with Crippen molar-refractivity contribution in [1.29, 1.82) is 0 Å². The Balaban J connectivity index is 0.00000420. The number of benzene rings is 1. The van der Waals surface area contributed by atoms with Crippen molar-refractivity contribution >= 4 is 41.5 Å². The molecule has 2 unspecified atom stereocenters. The molecule has 0 radical (unpaired) electrons. The van der Waals surface area contributed by atoms with Gasteiger partial charge < -0.3 is 21.3 Å². The van der Waals surface area contributed by atoms with Crippen LogP contribution in [-0.4, -0.2) is 43.0 Å². The zero-order chi connectivity index (χ0) is 27.6. The minimum Gasteiger partial charge on any atom is -0.480 e. The molecule has 0 aliphatic heterocycles. The molecule has 0 bridgehead atoms. The van der Waals surface area contributed by atoms with Crippen molar-refractivity contribution in [3.63, 3.8) is 0 Å². The number of anilines is 1. The largest absolute Gasteiger partial charge is 0.480 e. The first-order chi connectivity index (χ1) is 17.9. The molecule has 3 aromatic rings. The number of hydrogen-bond acceptors (Lipinski definition) is 7. The highest BCUT2D eigenvalue weighted by atomic mass is 35.5. The third-order valence-electron chi connectivity index (χ3n) is 6.25. The van der Waals surface area contributed by atoms with E-state index in [0.717, 1.165) is 5.57 Å². The number of ether oxygens (including phenoxy) is 1. The maximum absolute atomic E-state index is 14.3. The lowest BCUT2D eigenvalue weighted by atomic mass is 9.84. The molecule has 1 aromatic carbocycles. The van der Waals surface area contributed by atoms with Crippen LogP contribution < -0.4 is 16.2 Å². The smallest absolute Gasteiger partial charge is 0.429 e. The lowest BCUT2D eigenvalue weighted by molar-refractivity contribution is -0.198. The van der Waals surface area contributed by atoms with Crippen molar-refractivity contribution in [1.82, 2.24) is 19.7 Å². The molecule has 0 fully saturated rings. The Kier molecular flexibility index (Phi) is 9.47. The van der Waals surface area contributed by atoms with E-state index in [1.165, 1.54) is 35.1 Å². The summed E-state index contributed by atoms with van der Waals surface area (Å²) in [5, 5.41) is 13.5. The normalized spacial score (nSPS) is 17.1. The van der Waals surface area contributed by atoms with Crippen LogP contribution in [0.15, 0.2) is 42.6 Å². The Labute approximate surface area is 233 Å². The quantitative estimate of drug-likeness (QED) is 0.323. The molecule has 3 atom stereocenters. The average Bonchev–Trinajstić information content (AvgIpc) is 3.28. The van der Waals surface area contributed by atoms with E-state index in [2.05, 4.69) is 15.1 Å². The molecule has 4 rings (SSSR count). The highest BCUT2D eigenvalue weighted by Gasteiger charge is 2.45. The van der Waals surface area contributed by atoms with Gasteiger partial charge in [-0.05, 0) is 62.3 Å². The third kappa shape index (κ3) is 7.40. The van der Waals surface area contributed by atoms with Gasteiger partial charge in [-0.2, -0.15) is 23.3 Å². The number of carboxylic acids is 1. The molecule has 0 saturated heterocycles. The Morgan fingerprint density at radius 3 is 2.62 bits per heavy atom. The molecular weight excluding hydrogens is 560 g/mol. The second kappa shape index (κ2) is 12.2. The van der Waals surface area contributed by atoms with Gasteiger partial charge in [0.1, 0.15) is 6.04 Å². The van der Waals surface area contributed by atoms with Crippen LogP contribution in [-0.2, 0) is 4.79 Å². The van der Waals surface area contributed by atoms with Crippen molar-refractivity contribution in [2.24, 2.45) is 11.7 Å². The van der Waals surface area contributed by atoms with E-state index in [-0.39, 0.29) is 46.4 Å². The summed E-state index contributed by atoms with van der Waals surface area (Å²) in [6.45, 7) is 1.71. The molecule has 14 heteroatoms. The van der Waals surface area contributed by atoms with E-state index in [1.54, 1.807) is 13.0 Å². The van der Waals surface area contributed by atoms with Crippen LogP contribution in [0.5, 0.6) is 5.88 Å². The molecule has 210 valence electrons. The highest BCUT2D eigenvalue weighted by Crippen LogP contribution is 2.40. The average molecular weight is 587 g/mol. The van der Waals surface area contributed by atoms with E-state index in [1.807, 2.05) is 6.08 Å². The molecule has 1 aliphatic rings. The van der Waals surface area contributed by atoms with E-state index >= 15 is 0 Å². The maximum atomic E-state index is 14.3. The summed E-state index contributed by atoms with van der Waals surface area (Å²) in [4.78, 5) is 19.1. The van der Waals surface area contributed by atoms with Gasteiger partial charge in [-0.25, -0.2) is 9.67 Å². The lowest BCUT2D eigenvalue weighted by Crippen LogP contribution is -2.32. The Morgan fingerprint density at radius 2 is 2.03 bits per heavy atom. The predicted octanol–water partition coefficient (Wildman–Crippen LogP) is 5.30. The summed E-state index contributed by atoms with van der Waals surface area (Å²) in [7, 11) is 0. The highest BCUT2D eigenvalue weighted by molar-refractivity contribution is 6.30. The zero-order valence-electron chi connectivity index (χ0n) is 20.7.